The summed E-state index contributed by atoms with van der Waals surface area (Å²) in [6, 6.07) is 10.1. The number of ether oxygens (including phenoxy) is 1. The van der Waals surface area contributed by atoms with Crippen LogP contribution in [-0.4, -0.2) is 17.6 Å². The molecule has 2 aromatic rings. The Morgan fingerprint density at radius 1 is 1.38 bits per heavy atom. The van der Waals surface area contributed by atoms with Gasteiger partial charge in [0.1, 0.15) is 11.4 Å². The van der Waals surface area contributed by atoms with Crippen molar-refractivity contribution >= 4 is 21.8 Å². The summed E-state index contributed by atoms with van der Waals surface area (Å²) in [5.41, 5.74) is 1.77. The van der Waals surface area contributed by atoms with E-state index >= 15 is 0 Å². The number of hydrogen-bond donors (Lipinski definition) is 1. The van der Waals surface area contributed by atoms with Crippen LogP contribution >= 0.6 is 15.9 Å². The Bertz CT molecular complexity index is 645. The maximum Gasteiger partial charge on any atom is 0.268 e. The third kappa shape index (κ3) is 3.29. The van der Waals surface area contributed by atoms with Crippen molar-refractivity contribution in [1.29, 1.82) is 0 Å². The highest BCUT2D eigenvalue weighted by Gasteiger charge is 2.27. The predicted molar refractivity (Wildman–Crippen MR) is 84.6 cm³/mol. The number of hydrogen-bond acceptors (Lipinski definition) is 2. The smallest absolute Gasteiger partial charge is 0.268 e. The van der Waals surface area contributed by atoms with Gasteiger partial charge in [-0.25, -0.2) is 0 Å². The molecular weight excluding hydrogens is 332 g/mol. The molecule has 0 saturated heterocycles. The molecule has 1 N–H and O–H groups in total. The Morgan fingerprint density at radius 2 is 2.10 bits per heavy atom. The van der Waals surface area contributed by atoms with E-state index in [0.717, 1.165) is 34.3 Å². The molecule has 3 rings (SSSR count). The van der Waals surface area contributed by atoms with E-state index in [0.29, 0.717) is 12.6 Å². The normalized spacial score (nSPS) is 14.0. The summed E-state index contributed by atoms with van der Waals surface area (Å²) in [6.07, 6.45) is 4.29. The maximum atomic E-state index is 12.3. The molecule has 1 aliphatic rings. The van der Waals surface area contributed by atoms with Crippen molar-refractivity contribution in [2.75, 3.05) is 7.11 Å². The first-order chi connectivity index (χ1) is 10.2. The topological polar surface area (TPSA) is 43.3 Å². The largest absolute Gasteiger partial charge is 0.497 e. The molecule has 0 aliphatic heterocycles. The van der Waals surface area contributed by atoms with Crippen LogP contribution in [0.25, 0.3) is 0 Å². The first kappa shape index (κ1) is 14.2. The van der Waals surface area contributed by atoms with Gasteiger partial charge in [-0.1, -0.05) is 12.1 Å². The fourth-order valence-electron chi connectivity index (χ4n) is 2.30. The summed E-state index contributed by atoms with van der Waals surface area (Å²) in [7, 11) is 1.64. The van der Waals surface area contributed by atoms with E-state index in [2.05, 4.69) is 25.8 Å². The Hall–Kier alpha value is -1.75. The Morgan fingerprint density at radius 3 is 2.71 bits per heavy atom. The fraction of sp³-hybridized carbons (Fsp3) is 0.312. The molecule has 1 aromatic carbocycles. The molecule has 0 radical (unpaired) electrons. The monoisotopic (exact) mass is 348 g/mol. The van der Waals surface area contributed by atoms with Gasteiger partial charge in [-0.2, -0.15) is 0 Å². The number of carbonyl (C=O) groups is 1. The summed E-state index contributed by atoms with van der Waals surface area (Å²) in [6.45, 7) is 0.510. The number of nitrogens with one attached hydrogen (secondary N) is 1. The zero-order valence-corrected chi connectivity index (χ0v) is 13.4. The Labute approximate surface area is 132 Å². The maximum absolute atomic E-state index is 12.3. The predicted octanol–water partition coefficient (Wildman–Crippen LogP) is 3.52. The average Bonchev–Trinajstić information content (AvgIpc) is 3.27. The molecule has 1 aliphatic carbocycles. The minimum Gasteiger partial charge on any atom is -0.497 e. The van der Waals surface area contributed by atoms with Crippen molar-refractivity contribution in [3.05, 3.63) is 52.3 Å². The molecule has 0 atom stereocenters. The zero-order valence-electron chi connectivity index (χ0n) is 11.8. The second kappa shape index (κ2) is 5.93. The first-order valence-corrected chi connectivity index (χ1v) is 7.75. The van der Waals surface area contributed by atoms with Crippen LogP contribution in [0.3, 0.4) is 0 Å². The lowest BCUT2D eigenvalue weighted by molar-refractivity contribution is 0.0941. The summed E-state index contributed by atoms with van der Waals surface area (Å²) in [5.74, 6) is 0.778. The average molecular weight is 349 g/mol. The minimum absolute atomic E-state index is 0.0385. The molecule has 110 valence electrons. The van der Waals surface area contributed by atoms with Crippen LogP contribution in [-0.2, 0) is 6.54 Å². The molecule has 1 fully saturated rings. The van der Waals surface area contributed by atoms with Crippen LogP contribution in [0.1, 0.15) is 34.9 Å². The Kier molecular flexibility index (Phi) is 4.01. The summed E-state index contributed by atoms with van der Waals surface area (Å²) in [5, 5.41) is 2.97. The lowest BCUT2D eigenvalue weighted by Gasteiger charge is -2.09. The van der Waals surface area contributed by atoms with E-state index in [1.54, 1.807) is 7.11 Å². The van der Waals surface area contributed by atoms with Gasteiger partial charge >= 0.3 is 0 Å². The molecule has 0 unspecified atom stereocenters. The van der Waals surface area contributed by atoms with Crippen LogP contribution < -0.4 is 10.1 Å². The van der Waals surface area contributed by atoms with E-state index in [4.69, 9.17) is 4.74 Å². The van der Waals surface area contributed by atoms with E-state index in [-0.39, 0.29) is 5.91 Å². The van der Waals surface area contributed by atoms with Crippen molar-refractivity contribution in [2.24, 2.45) is 0 Å². The molecular formula is C16H17BrN2O2. The van der Waals surface area contributed by atoms with Crippen LogP contribution in [0.4, 0.5) is 0 Å². The number of benzene rings is 1. The SMILES string of the molecule is COc1ccc(CNC(=O)c2cc(Br)cn2C2CC2)cc1. The molecule has 1 saturated carbocycles. The van der Waals surface area contributed by atoms with Gasteiger partial charge in [0.2, 0.25) is 0 Å². The van der Waals surface area contributed by atoms with Crippen LogP contribution in [0, 0.1) is 0 Å². The van der Waals surface area contributed by atoms with Gasteiger partial charge in [-0.05, 0) is 52.5 Å². The van der Waals surface area contributed by atoms with E-state index in [1.165, 1.54) is 0 Å². The highest BCUT2D eigenvalue weighted by Crippen LogP contribution is 2.37. The van der Waals surface area contributed by atoms with Crippen LogP contribution in [0.15, 0.2) is 41.0 Å². The standard InChI is InChI=1S/C16H17BrN2O2/c1-21-14-6-2-11(3-7-14)9-18-16(20)15-8-12(17)10-19(15)13-4-5-13/h2-3,6-8,10,13H,4-5,9H2,1H3,(H,18,20). The number of carbonyl (C=O) groups excluding carboxylic acids is 1. The third-order valence-electron chi connectivity index (χ3n) is 3.60. The fourth-order valence-corrected chi connectivity index (χ4v) is 2.74. The van der Waals surface area contributed by atoms with Gasteiger partial charge in [-0.15, -0.1) is 0 Å². The number of nitrogens with zero attached hydrogens (tertiary/aromatic N) is 1. The molecule has 0 bridgehead atoms. The summed E-state index contributed by atoms with van der Waals surface area (Å²) in [4.78, 5) is 12.3. The zero-order chi connectivity index (χ0) is 14.8. The van der Waals surface area contributed by atoms with Crippen molar-refractivity contribution < 1.29 is 9.53 Å². The van der Waals surface area contributed by atoms with Crippen molar-refractivity contribution in [3.8, 4) is 5.75 Å². The van der Waals surface area contributed by atoms with Crippen LogP contribution in [0.5, 0.6) is 5.75 Å². The van der Waals surface area contributed by atoms with Crippen LogP contribution in [0.2, 0.25) is 0 Å². The molecule has 0 spiro atoms. The molecule has 1 aromatic heterocycles. The second-order valence-electron chi connectivity index (χ2n) is 5.21. The summed E-state index contributed by atoms with van der Waals surface area (Å²) < 4.78 is 8.13. The highest BCUT2D eigenvalue weighted by molar-refractivity contribution is 9.10. The number of halogens is 1. The molecule has 1 heterocycles. The molecule has 21 heavy (non-hydrogen) atoms. The second-order valence-corrected chi connectivity index (χ2v) is 6.13. The highest BCUT2D eigenvalue weighted by atomic mass is 79.9. The van der Waals surface area contributed by atoms with Gasteiger partial charge in [0.05, 0.1) is 7.11 Å². The van der Waals surface area contributed by atoms with Gasteiger partial charge < -0.3 is 14.6 Å². The molecule has 1 amide bonds. The van der Waals surface area contributed by atoms with E-state index in [1.807, 2.05) is 36.5 Å². The summed E-state index contributed by atoms with van der Waals surface area (Å²) >= 11 is 3.44. The quantitative estimate of drug-likeness (QED) is 0.898. The van der Waals surface area contributed by atoms with Gasteiger partial charge in [0, 0.05) is 23.3 Å². The van der Waals surface area contributed by atoms with Gasteiger partial charge in [0.15, 0.2) is 0 Å². The lowest BCUT2D eigenvalue weighted by atomic mass is 10.2. The third-order valence-corrected chi connectivity index (χ3v) is 4.03. The molecule has 5 heteroatoms. The van der Waals surface area contributed by atoms with E-state index < -0.39 is 0 Å². The first-order valence-electron chi connectivity index (χ1n) is 6.96. The number of amides is 1. The lowest BCUT2D eigenvalue weighted by Crippen LogP contribution is -2.25. The number of methoxy groups -OCH3 is 1. The Balaban J connectivity index is 1.65. The minimum atomic E-state index is -0.0385. The number of rotatable bonds is 5. The van der Waals surface area contributed by atoms with E-state index in [9.17, 15) is 4.79 Å². The molecule has 4 nitrogen and oxygen atoms in total. The number of aromatic nitrogens is 1. The van der Waals surface area contributed by atoms with Crippen molar-refractivity contribution in [1.82, 2.24) is 9.88 Å². The van der Waals surface area contributed by atoms with Crippen molar-refractivity contribution in [2.45, 2.75) is 25.4 Å². The van der Waals surface area contributed by atoms with Gasteiger partial charge in [0.25, 0.3) is 5.91 Å². The van der Waals surface area contributed by atoms with Gasteiger partial charge in [-0.3, -0.25) is 4.79 Å². The van der Waals surface area contributed by atoms with Crippen molar-refractivity contribution in [3.63, 3.8) is 0 Å².